The van der Waals surface area contributed by atoms with Crippen LogP contribution in [-0.4, -0.2) is 19.1 Å². The lowest BCUT2D eigenvalue weighted by molar-refractivity contribution is -0.114. The van der Waals surface area contributed by atoms with Gasteiger partial charge in [-0.2, -0.15) is 0 Å². The van der Waals surface area contributed by atoms with Gasteiger partial charge in [-0.15, -0.1) is 0 Å². The quantitative estimate of drug-likeness (QED) is 0.639. The lowest BCUT2D eigenvalue weighted by Gasteiger charge is -2.15. The number of rotatable bonds is 9. The first-order valence-corrected chi connectivity index (χ1v) is 9.10. The lowest BCUT2D eigenvalue weighted by atomic mass is 10.2. The van der Waals surface area contributed by atoms with Crippen molar-refractivity contribution in [2.45, 2.75) is 33.7 Å². The van der Waals surface area contributed by atoms with Gasteiger partial charge in [-0.3, -0.25) is 4.79 Å². The fourth-order valence-corrected chi connectivity index (χ4v) is 2.60. The maximum Gasteiger partial charge on any atom is 0.221 e. The van der Waals surface area contributed by atoms with Crippen LogP contribution in [0.1, 0.15) is 32.8 Å². The molecule has 0 spiro atoms. The first kappa shape index (κ1) is 19.9. The van der Waals surface area contributed by atoms with Crippen molar-refractivity contribution in [2.75, 3.05) is 23.8 Å². The Morgan fingerprint density at radius 2 is 1.69 bits per heavy atom. The molecule has 0 heterocycles. The van der Waals surface area contributed by atoms with E-state index in [4.69, 9.17) is 21.1 Å². The van der Waals surface area contributed by atoms with Crippen LogP contribution >= 0.6 is 11.6 Å². The Labute approximate surface area is 159 Å². The Morgan fingerprint density at radius 1 is 1.04 bits per heavy atom. The second kappa shape index (κ2) is 9.92. The molecule has 0 aromatic heterocycles. The summed E-state index contributed by atoms with van der Waals surface area (Å²) in [7, 11) is 0. The number of ether oxygens (including phenoxy) is 2. The van der Waals surface area contributed by atoms with Crippen LogP contribution in [-0.2, 0) is 11.3 Å². The fraction of sp³-hybridized carbons (Fsp3) is 0.350. The topological polar surface area (TPSA) is 59.6 Å². The summed E-state index contributed by atoms with van der Waals surface area (Å²) in [5.41, 5.74) is 2.61. The Bertz CT molecular complexity index is 733. The van der Waals surface area contributed by atoms with Crippen molar-refractivity contribution in [3.05, 3.63) is 47.0 Å². The number of hydrogen-bond donors (Lipinski definition) is 2. The third-order valence-corrected chi connectivity index (χ3v) is 3.91. The van der Waals surface area contributed by atoms with Gasteiger partial charge in [0.15, 0.2) is 11.5 Å². The van der Waals surface area contributed by atoms with Crippen molar-refractivity contribution in [1.29, 1.82) is 0 Å². The van der Waals surface area contributed by atoms with E-state index in [2.05, 4.69) is 17.6 Å². The molecule has 0 fully saturated rings. The van der Waals surface area contributed by atoms with Gasteiger partial charge in [0.2, 0.25) is 5.91 Å². The van der Waals surface area contributed by atoms with Crippen LogP contribution in [0.25, 0.3) is 0 Å². The highest BCUT2D eigenvalue weighted by Crippen LogP contribution is 2.34. The largest absolute Gasteiger partial charge is 0.490 e. The fourth-order valence-electron chi connectivity index (χ4n) is 2.38. The molecular weight excluding hydrogens is 352 g/mol. The van der Waals surface area contributed by atoms with Crippen molar-refractivity contribution in [3.63, 3.8) is 0 Å². The van der Waals surface area contributed by atoms with E-state index < -0.39 is 0 Å². The molecule has 0 unspecified atom stereocenters. The number of nitrogens with one attached hydrogen (secondary N) is 2. The van der Waals surface area contributed by atoms with Gasteiger partial charge >= 0.3 is 0 Å². The molecule has 0 aliphatic rings. The van der Waals surface area contributed by atoms with Crippen LogP contribution in [0.5, 0.6) is 11.5 Å². The minimum Gasteiger partial charge on any atom is -0.490 e. The van der Waals surface area contributed by atoms with Gasteiger partial charge in [-0.25, -0.2) is 0 Å². The number of carbonyl (C=O) groups excluding carboxylic acids is 1. The van der Waals surface area contributed by atoms with Gasteiger partial charge in [-0.05, 0) is 49.2 Å². The molecule has 0 saturated heterocycles. The van der Waals surface area contributed by atoms with Gasteiger partial charge in [0.1, 0.15) is 0 Å². The van der Waals surface area contributed by atoms with Gasteiger partial charge in [0.25, 0.3) is 0 Å². The molecule has 2 aromatic carbocycles. The molecule has 26 heavy (non-hydrogen) atoms. The summed E-state index contributed by atoms with van der Waals surface area (Å²) < 4.78 is 11.4. The summed E-state index contributed by atoms with van der Waals surface area (Å²) in [6, 6.07) is 11.2. The highest BCUT2D eigenvalue weighted by Gasteiger charge is 2.11. The molecule has 0 bridgehead atoms. The summed E-state index contributed by atoms with van der Waals surface area (Å²) in [6.45, 7) is 7.20. The molecule has 1 amide bonds. The predicted molar refractivity (Wildman–Crippen MR) is 106 cm³/mol. The molecule has 0 radical (unpaired) electrons. The van der Waals surface area contributed by atoms with Gasteiger partial charge < -0.3 is 20.1 Å². The summed E-state index contributed by atoms with van der Waals surface area (Å²) >= 11 is 6.41. The highest BCUT2D eigenvalue weighted by atomic mass is 35.5. The second-order valence-corrected chi connectivity index (χ2v) is 6.19. The third-order valence-electron chi connectivity index (χ3n) is 3.56. The molecular formula is C20H25ClN2O3. The zero-order valence-corrected chi connectivity index (χ0v) is 16.2. The standard InChI is InChI=1S/C20H25ClN2O3/c1-4-10-26-20-12-18(21)15(11-19(20)25-5-2)13-22-16-6-8-17(9-7-16)23-14(3)24/h6-9,11-12,22H,4-5,10,13H2,1-3H3,(H,23,24). The smallest absolute Gasteiger partial charge is 0.221 e. The Hall–Kier alpha value is -2.40. The van der Waals surface area contributed by atoms with E-state index in [9.17, 15) is 4.79 Å². The van der Waals surface area contributed by atoms with E-state index in [1.807, 2.05) is 37.3 Å². The van der Waals surface area contributed by atoms with Crippen molar-refractivity contribution in [2.24, 2.45) is 0 Å². The second-order valence-electron chi connectivity index (χ2n) is 5.78. The predicted octanol–water partition coefficient (Wildman–Crippen LogP) is 5.10. The summed E-state index contributed by atoms with van der Waals surface area (Å²) in [4.78, 5) is 11.1. The van der Waals surface area contributed by atoms with Crippen molar-refractivity contribution < 1.29 is 14.3 Å². The number of anilines is 2. The van der Waals surface area contributed by atoms with E-state index >= 15 is 0 Å². The average molecular weight is 377 g/mol. The molecule has 140 valence electrons. The molecule has 0 aliphatic heterocycles. The minimum absolute atomic E-state index is 0.0914. The Morgan fingerprint density at radius 3 is 2.31 bits per heavy atom. The monoisotopic (exact) mass is 376 g/mol. The van der Waals surface area contributed by atoms with Crippen molar-refractivity contribution in [1.82, 2.24) is 0 Å². The maximum atomic E-state index is 11.1. The Kier molecular flexibility index (Phi) is 7.60. The molecule has 0 saturated carbocycles. The molecule has 0 atom stereocenters. The van der Waals surface area contributed by atoms with Gasteiger partial charge in [0, 0.05) is 35.9 Å². The van der Waals surface area contributed by atoms with Gasteiger partial charge in [-0.1, -0.05) is 18.5 Å². The molecule has 2 aromatic rings. The van der Waals surface area contributed by atoms with Crippen molar-refractivity contribution >= 4 is 28.9 Å². The minimum atomic E-state index is -0.0914. The van der Waals surface area contributed by atoms with Gasteiger partial charge in [0.05, 0.1) is 13.2 Å². The lowest BCUT2D eigenvalue weighted by Crippen LogP contribution is -2.06. The third kappa shape index (κ3) is 5.85. The highest BCUT2D eigenvalue weighted by molar-refractivity contribution is 6.31. The first-order chi connectivity index (χ1) is 12.5. The number of benzene rings is 2. The number of amides is 1. The number of halogens is 1. The zero-order chi connectivity index (χ0) is 18.9. The normalized spacial score (nSPS) is 10.3. The number of carbonyl (C=O) groups is 1. The average Bonchev–Trinajstić information content (AvgIpc) is 2.61. The summed E-state index contributed by atoms with van der Waals surface area (Å²) in [5, 5.41) is 6.69. The van der Waals surface area contributed by atoms with Crippen LogP contribution < -0.4 is 20.1 Å². The van der Waals surface area contributed by atoms with Crippen LogP contribution in [0.2, 0.25) is 5.02 Å². The SMILES string of the molecule is CCCOc1cc(Cl)c(CNc2ccc(NC(C)=O)cc2)cc1OCC. The van der Waals surface area contributed by atoms with Crippen LogP contribution in [0.3, 0.4) is 0 Å². The number of hydrogen-bond acceptors (Lipinski definition) is 4. The summed E-state index contributed by atoms with van der Waals surface area (Å²) in [5.74, 6) is 1.27. The molecule has 6 heteroatoms. The molecule has 0 aliphatic carbocycles. The molecule has 2 rings (SSSR count). The molecule has 5 nitrogen and oxygen atoms in total. The Balaban J connectivity index is 2.08. The van der Waals surface area contributed by atoms with E-state index in [1.165, 1.54) is 6.92 Å². The molecule has 2 N–H and O–H groups in total. The maximum absolute atomic E-state index is 11.1. The van der Waals surface area contributed by atoms with E-state index in [-0.39, 0.29) is 5.91 Å². The van der Waals surface area contributed by atoms with Crippen LogP contribution in [0.4, 0.5) is 11.4 Å². The van der Waals surface area contributed by atoms with E-state index in [1.54, 1.807) is 6.07 Å². The first-order valence-electron chi connectivity index (χ1n) is 8.73. The van der Waals surface area contributed by atoms with E-state index in [0.717, 1.165) is 23.4 Å². The van der Waals surface area contributed by atoms with Crippen molar-refractivity contribution in [3.8, 4) is 11.5 Å². The summed E-state index contributed by atoms with van der Waals surface area (Å²) in [6.07, 6.45) is 0.918. The zero-order valence-electron chi connectivity index (χ0n) is 15.4. The van der Waals surface area contributed by atoms with Crippen LogP contribution in [0.15, 0.2) is 36.4 Å². The van der Waals surface area contributed by atoms with E-state index in [0.29, 0.717) is 36.3 Å². The van der Waals surface area contributed by atoms with Crippen LogP contribution in [0, 0.1) is 0 Å².